The van der Waals surface area contributed by atoms with Gasteiger partial charge in [-0.2, -0.15) is 0 Å². The molecule has 0 bridgehead atoms. The number of carbonyl (C=O) groups is 1. The first-order valence-electron chi connectivity index (χ1n) is 9.02. The molecule has 0 aromatic heterocycles. The number of aliphatic hydroxyl groups excluding tert-OH is 5. The Morgan fingerprint density at radius 2 is 1.83 bits per heavy atom. The van der Waals surface area contributed by atoms with Crippen LogP contribution in [0, 0.1) is 5.92 Å². The van der Waals surface area contributed by atoms with E-state index < -0.39 is 79.2 Å². The smallest absolute Gasteiger partial charge is 0.339 e. The molecule has 3 aliphatic rings. The summed E-state index contributed by atoms with van der Waals surface area (Å²) in [5, 5.41) is 71.4. The molecule has 12 heteroatoms. The van der Waals surface area contributed by atoms with Crippen molar-refractivity contribution < 1.29 is 59.5 Å². The second-order valence-corrected chi connectivity index (χ2v) is 7.71. The standard InChI is InChI=1S/C17H26O12/c1-16(24)8(19)3-17(25)6(13(23)26-2)5-27-15(12(16)17)29-14-11(22)10(21)9(20)7(4-18)28-14/h5,7-12,14-15,18-22,24-25H,3-4H2,1-2H3/t7?,8?,9?,10?,11?,12?,14?,15?,16-,17-/m0/s1. The molecule has 29 heavy (non-hydrogen) atoms. The van der Waals surface area contributed by atoms with Crippen molar-refractivity contribution in [2.45, 2.75) is 67.6 Å². The van der Waals surface area contributed by atoms with E-state index in [2.05, 4.69) is 4.74 Å². The quantitative estimate of drug-likeness (QED) is 0.218. The van der Waals surface area contributed by atoms with Gasteiger partial charge in [-0.05, 0) is 6.92 Å². The number of fused-ring (bicyclic) bond motifs is 1. The fraction of sp³-hybridized carbons (Fsp3) is 0.824. The Hall–Kier alpha value is -1.35. The molecule has 1 saturated heterocycles. The summed E-state index contributed by atoms with van der Waals surface area (Å²) < 4.78 is 20.7. The zero-order valence-electron chi connectivity index (χ0n) is 15.8. The van der Waals surface area contributed by atoms with Crippen LogP contribution >= 0.6 is 0 Å². The molecule has 1 saturated carbocycles. The van der Waals surface area contributed by atoms with Crippen molar-refractivity contribution in [3.63, 3.8) is 0 Å². The molecule has 2 heterocycles. The third kappa shape index (κ3) is 3.44. The van der Waals surface area contributed by atoms with E-state index in [4.69, 9.17) is 14.2 Å². The summed E-state index contributed by atoms with van der Waals surface area (Å²) in [5.74, 6) is -2.36. The largest absolute Gasteiger partial charge is 0.471 e. The van der Waals surface area contributed by atoms with Crippen LogP contribution in [0.5, 0.6) is 0 Å². The van der Waals surface area contributed by atoms with Crippen LogP contribution in [0.1, 0.15) is 13.3 Å². The zero-order chi connectivity index (χ0) is 21.7. The van der Waals surface area contributed by atoms with E-state index in [-0.39, 0.29) is 5.57 Å². The molecule has 0 amide bonds. The van der Waals surface area contributed by atoms with E-state index in [1.807, 2.05) is 0 Å². The minimum Gasteiger partial charge on any atom is -0.471 e. The Labute approximate surface area is 165 Å². The summed E-state index contributed by atoms with van der Waals surface area (Å²) in [5.41, 5.74) is -4.41. The summed E-state index contributed by atoms with van der Waals surface area (Å²) in [6.07, 6.45) is -10.5. The van der Waals surface area contributed by atoms with Gasteiger partial charge in [0.2, 0.25) is 6.29 Å². The molecule has 3 rings (SSSR count). The lowest BCUT2D eigenvalue weighted by molar-refractivity contribution is -0.352. The SMILES string of the molecule is COC(=O)C1=COC(OC2OC(CO)C(O)C(O)C2O)C2[C@@](C)(O)C(O)C[C@]12O. The highest BCUT2D eigenvalue weighted by atomic mass is 16.8. The van der Waals surface area contributed by atoms with E-state index in [9.17, 15) is 40.5 Å². The van der Waals surface area contributed by atoms with Crippen LogP contribution in [0.2, 0.25) is 0 Å². The van der Waals surface area contributed by atoms with Gasteiger partial charge in [-0.25, -0.2) is 4.79 Å². The number of aliphatic hydroxyl groups is 7. The van der Waals surface area contributed by atoms with Gasteiger partial charge in [0.15, 0.2) is 6.29 Å². The van der Waals surface area contributed by atoms with E-state index in [0.717, 1.165) is 13.4 Å². The Morgan fingerprint density at radius 3 is 2.41 bits per heavy atom. The molecule has 2 fully saturated rings. The van der Waals surface area contributed by atoms with Gasteiger partial charge in [0.1, 0.15) is 35.6 Å². The van der Waals surface area contributed by atoms with Crippen LogP contribution in [0.15, 0.2) is 11.8 Å². The molecule has 12 nitrogen and oxygen atoms in total. The first-order valence-corrected chi connectivity index (χ1v) is 9.02. The Bertz CT molecular complexity index is 663. The highest BCUT2D eigenvalue weighted by Crippen LogP contribution is 2.52. The summed E-state index contributed by atoms with van der Waals surface area (Å²) >= 11 is 0. The average Bonchev–Trinajstić information content (AvgIpc) is 2.86. The Balaban J connectivity index is 1.92. The van der Waals surface area contributed by atoms with Crippen molar-refractivity contribution >= 4 is 5.97 Å². The molecule has 0 spiro atoms. The molecule has 7 N–H and O–H groups in total. The van der Waals surface area contributed by atoms with Crippen molar-refractivity contribution in [1.29, 1.82) is 0 Å². The van der Waals surface area contributed by atoms with Crippen molar-refractivity contribution in [1.82, 2.24) is 0 Å². The zero-order valence-corrected chi connectivity index (χ0v) is 15.8. The van der Waals surface area contributed by atoms with Gasteiger partial charge in [-0.15, -0.1) is 0 Å². The average molecular weight is 422 g/mol. The van der Waals surface area contributed by atoms with Crippen molar-refractivity contribution in [3.05, 3.63) is 11.8 Å². The van der Waals surface area contributed by atoms with Crippen LogP contribution < -0.4 is 0 Å². The van der Waals surface area contributed by atoms with Crippen LogP contribution in [-0.4, -0.2) is 110 Å². The second kappa shape index (κ2) is 7.72. The van der Waals surface area contributed by atoms with E-state index in [1.165, 1.54) is 6.92 Å². The van der Waals surface area contributed by atoms with Crippen LogP contribution in [0.25, 0.3) is 0 Å². The topological polar surface area (TPSA) is 196 Å². The molecular formula is C17H26O12. The monoisotopic (exact) mass is 422 g/mol. The highest BCUT2D eigenvalue weighted by molar-refractivity contribution is 5.91. The Kier molecular flexibility index (Phi) is 5.95. The molecule has 0 aromatic rings. The third-order valence-electron chi connectivity index (χ3n) is 5.90. The van der Waals surface area contributed by atoms with Gasteiger partial charge < -0.3 is 54.7 Å². The number of methoxy groups -OCH3 is 1. The summed E-state index contributed by atoms with van der Waals surface area (Å²) in [6, 6.07) is 0. The molecular weight excluding hydrogens is 396 g/mol. The number of hydrogen-bond acceptors (Lipinski definition) is 12. The first kappa shape index (κ1) is 22.3. The van der Waals surface area contributed by atoms with Crippen LogP contribution in [-0.2, 0) is 23.7 Å². The number of hydrogen-bond donors (Lipinski definition) is 7. The maximum absolute atomic E-state index is 12.1. The lowest BCUT2D eigenvalue weighted by Gasteiger charge is -2.46. The van der Waals surface area contributed by atoms with Gasteiger partial charge in [-0.3, -0.25) is 0 Å². The summed E-state index contributed by atoms with van der Waals surface area (Å²) in [4.78, 5) is 12.1. The Morgan fingerprint density at radius 1 is 1.17 bits per heavy atom. The summed E-state index contributed by atoms with van der Waals surface area (Å²) in [7, 11) is 1.08. The highest BCUT2D eigenvalue weighted by Gasteiger charge is 2.67. The van der Waals surface area contributed by atoms with Gasteiger partial charge in [0, 0.05) is 6.42 Å². The minimum absolute atomic E-state index is 0.338. The van der Waals surface area contributed by atoms with Gasteiger partial charge in [0.05, 0.1) is 37.6 Å². The van der Waals surface area contributed by atoms with Crippen molar-refractivity contribution in [2.24, 2.45) is 5.92 Å². The molecule has 8 unspecified atom stereocenters. The second-order valence-electron chi connectivity index (χ2n) is 7.71. The molecule has 0 radical (unpaired) electrons. The predicted molar refractivity (Wildman–Crippen MR) is 89.5 cm³/mol. The van der Waals surface area contributed by atoms with Gasteiger partial charge >= 0.3 is 5.97 Å². The van der Waals surface area contributed by atoms with Crippen molar-refractivity contribution in [2.75, 3.05) is 13.7 Å². The van der Waals surface area contributed by atoms with E-state index in [1.54, 1.807) is 0 Å². The number of rotatable bonds is 4. The maximum Gasteiger partial charge on any atom is 0.339 e. The lowest BCUT2D eigenvalue weighted by Crippen LogP contribution is -2.62. The molecule has 166 valence electrons. The van der Waals surface area contributed by atoms with Gasteiger partial charge in [0.25, 0.3) is 0 Å². The maximum atomic E-state index is 12.1. The fourth-order valence-corrected chi connectivity index (χ4v) is 4.17. The van der Waals surface area contributed by atoms with Crippen molar-refractivity contribution in [3.8, 4) is 0 Å². The first-order chi connectivity index (χ1) is 13.5. The molecule has 1 aliphatic carbocycles. The molecule has 2 aliphatic heterocycles. The number of esters is 1. The number of ether oxygens (including phenoxy) is 4. The third-order valence-corrected chi connectivity index (χ3v) is 5.90. The fourth-order valence-electron chi connectivity index (χ4n) is 4.17. The molecule has 0 aromatic carbocycles. The van der Waals surface area contributed by atoms with Gasteiger partial charge in [-0.1, -0.05) is 0 Å². The predicted octanol–water partition coefficient (Wildman–Crippen LogP) is -3.92. The van der Waals surface area contributed by atoms with E-state index in [0.29, 0.717) is 0 Å². The number of carbonyl (C=O) groups excluding carboxylic acids is 1. The summed E-state index contributed by atoms with van der Waals surface area (Å²) in [6.45, 7) is 0.528. The van der Waals surface area contributed by atoms with Crippen LogP contribution in [0.4, 0.5) is 0 Å². The lowest BCUT2D eigenvalue weighted by atomic mass is 9.77. The normalized spacial score (nSPS) is 49.8. The minimum atomic E-state index is -2.09. The van der Waals surface area contributed by atoms with E-state index >= 15 is 0 Å². The van der Waals surface area contributed by atoms with Crippen LogP contribution in [0.3, 0.4) is 0 Å². The molecule has 10 atom stereocenters.